The summed E-state index contributed by atoms with van der Waals surface area (Å²) < 4.78 is 4.57. The first kappa shape index (κ1) is 11.1. The normalized spacial score (nSPS) is 9.60. The molecule has 1 aromatic rings. The average Bonchev–Trinajstić information content (AvgIpc) is 2.18. The number of aromatic hydroxyl groups is 1. The Morgan fingerprint density at radius 3 is 3.07 bits per heavy atom. The van der Waals surface area contributed by atoms with Gasteiger partial charge in [0, 0.05) is 6.07 Å². The largest absolute Gasteiger partial charge is 0.507 e. The summed E-state index contributed by atoms with van der Waals surface area (Å²) in [6.45, 7) is 7.22. The summed E-state index contributed by atoms with van der Waals surface area (Å²) in [6.07, 6.45) is 2.62. The Kier molecular flexibility index (Phi) is 3.70. The molecule has 0 aliphatic carbocycles. The van der Waals surface area contributed by atoms with Crippen LogP contribution in [-0.4, -0.2) is 11.7 Å². The molecule has 5 nitrogen and oxygen atoms in total. The van der Waals surface area contributed by atoms with Crippen LogP contribution in [0, 0.1) is 0 Å². The van der Waals surface area contributed by atoms with Crippen molar-refractivity contribution >= 4 is 5.70 Å². The lowest BCUT2D eigenvalue weighted by molar-refractivity contribution is 0.103. The summed E-state index contributed by atoms with van der Waals surface area (Å²) in [5.74, 6) is -0.217. The van der Waals surface area contributed by atoms with Crippen LogP contribution >= 0.6 is 0 Å². The topological polar surface area (TPSA) is 71.7 Å². The third-order valence-corrected chi connectivity index (χ3v) is 1.56. The van der Waals surface area contributed by atoms with Crippen molar-refractivity contribution in [2.75, 3.05) is 6.61 Å². The van der Waals surface area contributed by atoms with E-state index in [-0.39, 0.29) is 23.6 Å². The SMILES string of the molecule is C=CCONC(=C)c1c(O)ccoc1=O. The van der Waals surface area contributed by atoms with Gasteiger partial charge in [-0.05, 0) is 0 Å². The monoisotopic (exact) mass is 209 g/mol. The maximum Gasteiger partial charge on any atom is 0.348 e. The second-order valence-electron chi connectivity index (χ2n) is 2.65. The van der Waals surface area contributed by atoms with E-state index in [4.69, 9.17) is 4.84 Å². The molecule has 15 heavy (non-hydrogen) atoms. The molecule has 1 heterocycles. The lowest BCUT2D eigenvalue weighted by atomic mass is 10.2. The second-order valence-corrected chi connectivity index (χ2v) is 2.65. The van der Waals surface area contributed by atoms with Crippen molar-refractivity contribution in [1.29, 1.82) is 0 Å². The Morgan fingerprint density at radius 1 is 1.73 bits per heavy atom. The van der Waals surface area contributed by atoms with Gasteiger partial charge in [-0.3, -0.25) is 10.3 Å². The molecule has 0 saturated carbocycles. The molecule has 1 rings (SSSR count). The zero-order valence-electron chi connectivity index (χ0n) is 8.03. The Labute approximate surface area is 86.3 Å². The fourth-order valence-electron chi connectivity index (χ4n) is 0.924. The van der Waals surface area contributed by atoms with Crippen molar-refractivity contribution in [3.05, 3.63) is 47.5 Å². The van der Waals surface area contributed by atoms with Crippen LogP contribution in [-0.2, 0) is 4.84 Å². The van der Waals surface area contributed by atoms with E-state index in [0.29, 0.717) is 0 Å². The van der Waals surface area contributed by atoms with Gasteiger partial charge in [-0.25, -0.2) is 4.79 Å². The molecule has 0 bridgehead atoms. The van der Waals surface area contributed by atoms with Crippen molar-refractivity contribution in [2.24, 2.45) is 0 Å². The highest BCUT2D eigenvalue weighted by atomic mass is 16.6. The molecule has 0 radical (unpaired) electrons. The van der Waals surface area contributed by atoms with Crippen LogP contribution in [0.1, 0.15) is 5.56 Å². The van der Waals surface area contributed by atoms with Crippen LogP contribution in [0.2, 0.25) is 0 Å². The van der Waals surface area contributed by atoms with Crippen molar-refractivity contribution in [3.8, 4) is 5.75 Å². The van der Waals surface area contributed by atoms with E-state index in [1.807, 2.05) is 0 Å². The molecule has 2 N–H and O–H groups in total. The molecule has 80 valence electrons. The van der Waals surface area contributed by atoms with E-state index in [1.54, 1.807) is 0 Å². The quantitative estimate of drug-likeness (QED) is 0.430. The van der Waals surface area contributed by atoms with Crippen molar-refractivity contribution < 1.29 is 14.4 Å². The molecule has 0 unspecified atom stereocenters. The predicted molar refractivity (Wildman–Crippen MR) is 55.0 cm³/mol. The zero-order valence-corrected chi connectivity index (χ0v) is 8.03. The third-order valence-electron chi connectivity index (χ3n) is 1.56. The number of hydrogen-bond acceptors (Lipinski definition) is 5. The predicted octanol–water partition coefficient (Wildman–Crippen LogP) is 1.02. The lowest BCUT2D eigenvalue weighted by Gasteiger charge is -2.07. The number of nitrogens with one attached hydrogen (secondary N) is 1. The van der Waals surface area contributed by atoms with Crippen molar-refractivity contribution in [3.63, 3.8) is 0 Å². The van der Waals surface area contributed by atoms with Crippen molar-refractivity contribution in [2.45, 2.75) is 0 Å². The van der Waals surface area contributed by atoms with Gasteiger partial charge >= 0.3 is 5.63 Å². The molecule has 0 atom stereocenters. The third kappa shape index (κ3) is 2.72. The van der Waals surface area contributed by atoms with E-state index in [2.05, 4.69) is 23.1 Å². The maximum atomic E-state index is 11.2. The van der Waals surface area contributed by atoms with Crippen LogP contribution in [0.3, 0.4) is 0 Å². The lowest BCUT2D eigenvalue weighted by Crippen LogP contribution is -2.17. The van der Waals surface area contributed by atoms with Crippen LogP contribution < -0.4 is 11.1 Å². The molecule has 0 fully saturated rings. The molecule has 0 saturated heterocycles. The number of rotatable bonds is 5. The van der Waals surface area contributed by atoms with Gasteiger partial charge in [0.2, 0.25) is 0 Å². The van der Waals surface area contributed by atoms with Gasteiger partial charge in [0.25, 0.3) is 0 Å². The highest BCUT2D eigenvalue weighted by Gasteiger charge is 2.11. The van der Waals surface area contributed by atoms with Crippen LogP contribution in [0.4, 0.5) is 0 Å². The standard InChI is InChI=1S/C10H11NO4/c1-3-5-15-11-7(2)9-8(12)4-6-14-10(9)13/h3-4,6,11-12H,1-2,5H2. The molecule has 0 aliphatic rings. The van der Waals surface area contributed by atoms with Gasteiger partial charge in [-0.1, -0.05) is 12.7 Å². The Bertz CT molecular complexity index is 422. The van der Waals surface area contributed by atoms with Gasteiger partial charge in [0.1, 0.15) is 11.3 Å². The molecule has 1 aromatic heterocycles. The zero-order chi connectivity index (χ0) is 11.3. The minimum absolute atomic E-state index is 0.0541. The number of hydroxylamine groups is 1. The van der Waals surface area contributed by atoms with Crippen LogP contribution in [0.5, 0.6) is 5.75 Å². The van der Waals surface area contributed by atoms with Crippen LogP contribution in [0.25, 0.3) is 5.70 Å². The van der Waals surface area contributed by atoms with Gasteiger partial charge in [0.05, 0.1) is 18.6 Å². The minimum atomic E-state index is -0.685. The van der Waals surface area contributed by atoms with E-state index in [1.165, 1.54) is 12.1 Å². The average molecular weight is 209 g/mol. The first-order valence-corrected chi connectivity index (χ1v) is 4.15. The summed E-state index contributed by atoms with van der Waals surface area (Å²) in [5.41, 5.74) is 1.78. The molecule has 5 heteroatoms. The molecule has 0 spiro atoms. The molecular weight excluding hydrogens is 198 g/mol. The maximum absolute atomic E-state index is 11.2. The molecule has 0 amide bonds. The van der Waals surface area contributed by atoms with Gasteiger partial charge in [-0.15, -0.1) is 6.58 Å². The first-order chi connectivity index (χ1) is 7.16. The van der Waals surface area contributed by atoms with E-state index < -0.39 is 5.63 Å². The summed E-state index contributed by atoms with van der Waals surface area (Å²) in [6, 6.07) is 1.25. The van der Waals surface area contributed by atoms with E-state index in [9.17, 15) is 9.90 Å². The summed E-state index contributed by atoms with van der Waals surface area (Å²) >= 11 is 0. The van der Waals surface area contributed by atoms with Crippen LogP contribution in [0.15, 0.2) is 40.8 Å². The Balaban J connectivity index is 2.82. The highest BCUT2D eigenvalue weighted by molar-refractivity contribution is 5.64. The van der Waals surface area contributed by atoms with E-state index in [0.717, 1.165) is 6.26 Å². The fraction of sp³-hybridized carbons (Fsp3) is 0.100. The molecule has 0 aliphatic heterocycles. The van der Waals surface area contributed by atoms with Gasteiger partial charge in [0.15, 0.2) is 0 Å². The first-order valence-electron chi connectivity index (χ1n) is 4.15. The summed E-state index contributed by atoms with van der Waals surface area (Å²) in [7, 11) is 0. The van der Waals surface area contributed by atoms with Crippen molar-refractivity contribution in [1.82, 2.24) is 5.48 Å². The highest BCUT2D eigenvalue weighted by Crippen LogP contribution is 2.17. The molecular formula is C10H11NO4. The Hall–Kier alpha value is -2.01. The minimum Gasteiger partial charge on any atom is -0.507 e. The Morgan fingerprint density at radius 2 is 2.47 bits per heavy atom. The van der Waals surface area contributed by atoms with E-state index >= 15 is 0 Å². The second kappa shape index (κ2) is 5.02. The number of hydrogen-bond donors (Lipinski definition) is 2. The van der Waals surface area contributed by atoms with Gasteiger partial charge in [-0.2, -0.15) is 0 Å². The summed E-state index contributed by atoms with van der Waals surface area (Å²) in [4.78, 5) is 16.1. The smallest absolute Gasteiger partial charge is 0.348 e. The summed E-state index contributed by atoms with van der Waals surface area (Å²) in [5, 5.41) is 9.38. The molecule has 0 aromatic carbocycles. The fourth-order valence-corrected chi connectivity index (χ4v) is 0.924. The van der Waals surface area contributed by atoms with Gasteiger partial charge < -0.3 is 9.52 Å².